The van der Waals surface area contributed by atoms with E-state index >= 15 is 0 Å². The van der Waals surface area contributed by atoms with Crippen molar-refractivity contribution in [2.45, 2.75) is 26.2 Å². The van der Waals surface area contributed by atoms with E-state index in [2.05, 4.69) is 14.8 Å². The Kier molecular flexibility index (Phi) is 4.21. The minimum Gasteiger partial charge on any atom is -0.403 e. The molecule has 9 heteroatoms. The molecule has 4 N–H and O–H groups in total. The Balaban J connectivity index is 2.51. The third kappa shape index (κ3) is 3.38. The number of hydrogen-bond acceptors (Lipinski definition) is 6. The van der Waals surface area contributed by atoms with Crippen molar-refractivity contribution in [2.75, 3.05) is 0 Å². The molecule has 2 amide bonds. The van der Waals surface area contributed by atoms with E-state index < -0.39 is 17.2 Å². The molecule has 0 fully saturated rings. The topological polar surface area (TPSA) is 140 Å². The predicted octanol–water partition coefficient (Wildman–Crippen LogP) is 0.181. The molecule has 2 rings (SSSR count). The minimum atomic E-state index is -0.962. The number of nitrogens with zero attached hydrogens (tertiary/aromatic N) is 1. The van der Waals surface area contributed by atoms with Gasteiger partial charge < -0.3 is 15.0 Å². The molecule has 0 saturated carbocycles. The molecule has 21 heavy (non-hydrogen) atoms. The molecule has 2 heterocycles. The Morgan fingerprint density at radius 2 is 2.29 bits per heavy atom. The zero-order valence-electron chi connectivity index (χ0n) is 11.3. The number of fused-ring (bicyclic) bond motifs is 1. The molecule has 0 atom stereocenters. The highest BCUT2D eigenvalue weighted by atomic mass is 16.7. The first-order chi connectivity index (χ1) is 10.0. The first kappa shape index (κ1) is 14.6. The number of hydrogen-bond donors (Lipinski definition) is 3. The Morgan fingerprint density at radius 3 is 2.95 bits per heavy atom. The number of rotatable bonds is 5. The molecule has 9 nitrogen and oxygen atoms in total. The van der Waals surface area contributed by atoms with Crippen LogP contribution in [-0.2, 0) is 6.42 Å². The monoisotopic (exact) mass is 294 g/mol. The Morgan fingerprint density at radius 1 is 1.52 bits per heavy atom. The highest BCUT2D eigenvalue weighted by molar-refractivity contribution is 5.76. The molecule has 0 aliphatic heterocycles. The maximum atomic E-state index is 12.1. The lowest BCUT2D eigenvalue weighted by molar-refractivity contribution is 0.175. The van der Waals surface area contributed by atoms with Gasteiger partial charge in [0.25, 0.3) is 5.56 Å². The minimum absolute atomic E-state index is 0.154. The summed E-state index contributed by atoms with van der Waals surface area (Å²) >= 11 is 0. The number of nitrogens with two attached hydrogens (primary N) is 1. The van der Waals surface area contributed by atoms with E-state index in [0.29, 0.717) is 12.0 Å². The zero-order chi connectivity index (χ0) is 15.4. The van der Waals surface area contributed by atoms with Crippen molar-refractivity contribution in [1.29, 1.82) is 0 Å². The number of aromatic nitrogens is 2. The number of hydroxylamine groups is 1. The second-order valence-electron chi connectivity index (χ2n) is 4.31. The van der Waals surface area contributed by atoms with E-state index in [4.69, 9.17) is 10.2 Å². The first-order valence-corrected chi connectivity index (χ1v) is 6.30. The van der Waals surface area contributed by atoms with Crippen molar-refractivity contribution in [3.05, 3.63) is 32.4 Å². The average molecular weight is 294 g/mol. The standard InChI is InChI=1S/C12H14N4O5/c1-2-3-4-6-5-7(17)20-10-8(6)9(18)14-12(15-10)21-16-11(13)19/h5H,2-4H2,1H3,(H3,13,16,19)(H,14,15,18). The second-order valence-corrected chi connectivity index (χ2v) is 4.31. The number of primary amides is 1. The molecule has 0 radical (unpaired) electrons. The number of H-pyrrole nitrogens is 1. The summed E-state index contributed by atoms with van der Waals surface area (Å²) < 4.78 is 4.90. The van der Waals surface area contributed by atoms with Crippen molar-refractivity contribution < 1.29 is 14.0 Å². The van der Waals surface area contributed by atoms with Gasteiger partial charge in [-0.05, 0) is 18.4 Å². The van der Waals surface area contributed by atoms with E-state index in [1.165, 1.54) is 6.07 Å². The van der Waals surface area contributed by atoms with E-state index in [1.54, 1.807) is 5.48 Å². The largest absolute Gasteiger partial charge is 0.403 e. The van der Waals surface area contributed by atoms with Crippen LogP contribution in [0.4, 0.5) is 4.79 Å². The van der Waals surface area contributed by atoms with Crippen molar-refractivity contribution in [3.63, 3.8) is 0 Å². The summed E-state index contributed by atoms with van der Waals surface area (Å²) in [5.41, 5.74) is 5.89. The maximum Gasteiger partial charge on any atom is 0.345 e. The van der Waals surface area contributed by atoms with Gasteiger partial charge in [-0.25, -0.2) is 9.59 Å². The van der Waals surface area contributed by atoms with E-state index in [1.807, 2.05) is 6.92 Å². The van der Waals surface area contributed by atoms with E-state index in [0.717, 1.165) is 12.8 Å². The number of urea groups is 1. The fourth-order valence-electron chi connectivity index (χ4n) is 1.84. The molecule has 0 unspecified atom stereocenters. The summed E-state index contributed by atoms with van der Waals surface area (Å²) in [6.45, 7) is 2.00. The lowest BCUT2D eigenvalue weighted by atomic mass is 10.1. The van der Waals surface area contributed by atoms with Gasteiger partial charge in [0, 0.05) is 6.07 Å². The van der Waals surface area contributed by atoms with Gasteiger partial charge in [0.05, 0.1) is 0 Å². The van der Waals surface area contributed by atoms with Crippen LogP contribution in [-0.4, -0.2) is 16.0 Å². The van der Waals surface area contributed by atoms with E-state index in [9.17, 15) is 14.4 Å². The Hall–Kier alpha value is -2.84. The third-order valence-corrected chi connectivity index (χ3v) is 2.72. The van der Waals surface area contributed by atoms with Crippen LogP contribution >= 0.6 is 0 Å². The molecule has 0 aliphatic carbocycles. The molecule has 0 aromatic carbocycles. The highest BCUT2D eigenvalue weighted by Crippen LogP contribution is 2.14. The summed E-state index contributed by atoms with van der Waals surface area (Å²) in [4.78, 5) is 44.9. The number of amides is 2. The summed E-state index contributed by atoms with van der Waals surface area (Å²) in [7, 11) is 0. The van der Waals surface area contributed by atoms with Gasteiger partial charge in [0.15, 0.2) is 0 Å². The number of nitrogens with one attached hydrogen (secondary N) is 2. The van der Waals surface area contributed by atoms with Gasteiger partial charge in [0.1, 0.15) is 5.39 Å². The van der Waals surface area contributed by atoms with Gasteiger partial charge in [-0.15, -0.1) is 0 Å². The molecule has 0 bridgehead atoms. The lowest BCUT2D eigenvalue weighted by Crippen LogP contribution is -2.33. The normalized spacial score (nSPS) is 10.5. The molecular weight excluding hydrogens is 280 g/mol. The number of aryl methyl sites for hydroxylation is 1. The lowest BCUT2D eigenvalue weighted by Gasteiger charge is -2.06. The maximum absolute atomic E-state index is 12.1. The summed E-state index contributed by atoms with van der Waals surface area (Å²) in [5, 5.41) is 0.189. The fraction of sp³-hybridized carbons (Fsp3) is 0.333. The van der Waals surface area contributed by atoms with Gasteiger partial charge in [-0.3, -0.25) is 9.78 Å². The molecule has 0 spiro atoms. The summed E-state index contributed by atoms with van der Waals surface area (Å²) in [6.07, 6.45) is 2.29. The van der Waals surface area contributed by atoms with Crippen LogP contribution in [0.25, 0.3) is 11.1 Å². The van der Waals surface area contributed by atoms with Crippen LogP contribution in [0.5, 0.6) is 6.01 Å². The quantitative estimate of drug-likeness (QED) is 0.672. The molecule has 2 aromatic rings. The zero-order valence-corrected chi connectivity index (χ0v) is 11.3. The number of aromatic amines is 1. The van der Waals surface area contributed by atoms with Crippen LogP contribution in [0.3, 0.4) is 0 Å². The number of carbonyl (C=O) groups is 1. The predicted molar refractivity (Wildman–Crippen MR) is 72.9 cm³/mol. The van der Waals surface area contributed by atoms with Crippen LogP contribution < -0.4 is 27.2 Å². The average Bonchev–Trinajstić information content (AvgIpc) is 2.41. The highest BCUT2D eigenvalue weighted by Gasteiger charge is 2.13. The van der Waals surface area contributed by atoms with Gasteiger partial charge in [-0.1, -0.05) is 13.3 Å². The van der Waals surface area contributed by atoms with E-state index in [-0.39, 0.29) is 17.1 Å². The van der Waals surface area contributed by atoms with Crippen LogP contribution in [0, 0.1) is 0 Å². The van der Waals surface area contributed by atoms with Crippen molar-refractivity contribution in [1.82, 2.24) is 15.4 Å². The van der Waals surface area contributed by atoms with Crippen LogP contribution in [0.2, 0.25) is 0 Å². The Labute approximate surface area is 118 Å². The van der Waals surface area contributed by atoms with Gasteiger partial charge in [-0.2, -0.15) is 10.5 Å². The van der Waals surface area contributed by atoms with Crippen LogP contribution in [0.15, 0.2) is 20.1 Å². The third-order valence-electron chi connectivity index (χ3n) is 2.72. The smallest absolute Gasteiger partial charge is 0.345 e. The SMILES string of the molecule is CCCCc1cc(=O)oc2nc(ONC(N)=O)[nH]c(=O)c12. The second kappa shape index (κ2) is 6.07. The molecule has 0 saturated heterocycles. The molecule has 112 valence electrons. The summed E-state index contributed by atoms with van der Waals surface area (Å²) in [6, 6.07) is -0.0186. The number of carbonyl (C=O) groups excluding carboxylic acids is 1. The van der Waals surface area contributed by atoms with Crippen molar-refractivity contribution in [2.24, 2.45) is 5.73 Å². The van der Waals surface area contributed by atoms with Crippen LogP contribution in [0.1, 0.15) is 25.3 Å². The first-order valence-electron chi connectivity index (χ1n) is 6.30. The molecule has 0 aliphatic rings. The van der Waals surface area contributed by atoms with Crippen molar-refractivity contribution in [3.8, 4) is 6.01 Å². The number of unbranched alkanes of at least 4 members (excludes halogenated alkanes) is 1. The molecule has 2 aromatic heterocycles. The van der Waals surface area contributed by atoms with Gasteiger partial charge in [0.2, 0.25) is 5.71 Å². The van der Waals surface area contributed by atoms with Gasteiger partial charge >= 0.3 is 17.7 Å². The fourth-order valence-corrected chi connectivity index (χ4v) is 1.84. The van der Waals surface area contributed by atoms with Crippen molar-refractivity contribution >= 4 is 17.1 Å². The Bertz CT molecular complexity index is 779. The summed E-state index contributed by atoms with van der Waals surface area (Å²) in [5.74, 6) is 0. The molecular formula is C12H14N4O5.